The van der Waals surface area contributed by atoms with E-state index in [1.165, 1.54) is 7.11 Å². The number of carbonyl (C=O) groups excluding carboxylic acids is 1. The number of aromatic nitrogens is 2. The van der Waals surface area contributed by atoms with Crippen LogP contribution >= 0.6 is 0 Å². The number of hydrogen-bond donors (Lipinski definition) is 2. The van der Waals surface area contributed by atoms with E-state index in [2.05, 4.69) is 27.4 Å². The zero-order chi connectivity index (χ0) is 15.2. The molecule has 0 aliphatic heterocycles. The molecule has 1 heterocycles. The number of ether oxygens (including phenoxy) is 1. The summed E-state index contributed by atoms with van der Waals surface area (Å²) < 4.78 is 10.3. The number of rotatable bonds is 3. The summed E-state index contributed by atoms with van der Waals surface area (Å²) in [6.07, 6.45) is 0. The molecular weight excluding hydrogens is 272 g/mol. The zero-order valence-corrected chi connectivity index (χ0v) is 11.6. The van der Waals surface area contributed by atoms with Gasteiger partial charge in [0.1, 0.15) is 5.75 Å². The minimum atomic E-state index is -0.378. The van der Waals surface area contributed by atoms with Crippen LogP contribution in [-0.4, -0.2) is 29.8 Å². The van der Waals surface area contributed by atoms with Gasteiger partial charge in [0.2, 0.25) is 5.89 Å². The van der Waals surface area contributed by atoms with Crippen molar-refractivity contribution >= 4 is 11.9 Å². The third-order valence-corrected chi connectivity index (χ3v) is 2.53. The van der Waals surface area contributed by atoms with Crippen molar-refractivity contribution in [3.8, 4) is 17.6 Å². The number of aryl methyl sites for hydroxylation is 1. The van der Waals surface area contributed by atoms with Gasteiger partial charge in [0.05, 0.1) is 19.2 Å². The van der Waals surface area contributed by atoms with E-state index in [9.17, 15) is 4.79 Å². The van der Waals surface area contributed by atoms with Crippen LogP contribution in [0.2, 0.25) is 0 Å². The number of hydrogen-bond acceptors (Lipinski definition) is 6. The predicted molar refractivity (Wildman–Crippen MR) is 75.9 cm³/mol. The molecule has 7 heteroatoms. The number of nitrogens with one attached hydrogen (secondary N) is 1. The molecule has 1 amide bonds. The molecule has 7 nitrogen and oxygen atoms in total. The van der Waals surface area contributed by atoms with Crippen LogP contribution in [0.3, 0.4) is 0 Å². The van der Waals surface area contributed by atoms with E-state index < -0.39 is 0 Å². The first-order valence-corrected chi connectivity index (χ1v) is 6.12. The van der Waals surface area contributed by atoms with Crippen LogP contribution in [0.5, 0.6) is 5.75 Å². The lowest BCUT2D eigenvalue weighted by Crippen LogP contribution is -2.12. The molecule has 0 unspecified atom stereocenters. The van der Waals surface area contributed by atoms with Gasteiger partial charge in [0.25, 0.3) is 5.91 Å². The van der Waals surface area contributed by atoms with Gasteiger partial charge in [-0.1, -0.05) is 16.9 Å². The van der Waals surface area contributed by atoms with Gasteiger partial charge in [0.15, 0.2) is 0 Å². The lowest BCUT2D eigenvalue weighted by Gasteiger charge is -2.06. The van der Waals surface area contributed by atoms with Gasteiger partial charge in [-0.3, -0.25) is 10.1 Å². The average molecular weight is 286 g/mol. The Morgan fingerprint density at radius 2 is 2.29 bits per heavy atom. The van der Waals surface area contributed by atoms with Crippen molar-refractivity contribution in [2.45, 2.75) is 6.92 Å². The van der Waals surface area contributed by atoms with Gasteiger partial charge < -0.3 is 14.9 Å². The molecule has 1 aromatic heterocycles. The summed E-state index contributed by atoms with van der Waals surface area (Å²) in [7, 11) is 1.53. The monoisotopic (exact) mass is 286 g/mol. The summed E-state index contributed by atoms with van der Waals surface area (Å²) in [4.78, 5) is 12.1. The van der Waals surface area contributed by atoms with E-state index in [0.717, 1.165) is 0 Å². The second-order valence-electron chi connectivity index (χ2n) is 4.00. The number of methoxy groups -OCH3 is 1. The molecule has 0 saturated carbocycles. The van der Waals surface area contributed by atoms with Crippen LogP contribution in [-0.2, 0) is 0 Å². The predicted octanol–water partition coefficient (Wildman–Crippen LogP) is 0.949. The average Bonchev–Trinajstić information content (AvgIpc) is 2.89. The maximum atomic E-state index is 12.1. The highest BCUT2D eigenvalue weighted by atomic mass is 16.5. The van der Waals surface area contributed by atoms with Gasteiger partial charge in [-0.15, -0.1) is 5.10 Å². The second kappa shape index (κ2) is 6.54. The summed E-state index contributed by atoms with van der Waals surface area (Å²) in [5.74, 6) is 6.14. The van der Waals surface area contributed by atoms with Crippen LogP contribution < -0.4 is 15.8 Å². The summed E-state index contributed by atoms with van der Waals surface area (Å²) in [6, 6.07) is 4.93. The van der Waals surface area contributed by atoms with Gasteiger partial charge in [-0.25, -0.2) is 0 Å². The summed E-state index contributed by atoms with van der Waals surface area (Å²) in [5, 5.41) is 9.84. The molecule has 0 radical (unpaired) electrons. The molecule has 0 aliphatic carbocycles. The molecule has 1 aromatic carbocycles. The Labute approximate surface area is 121 Å². The number of benzene rings is 1. The van der Waals surface area contributed by atoms with Crippen molar-refractivity contribution in [3.63, 3.8) is 0 Å². The van der Waals surface area contributed by atoms with Gasteiger partial charge >= 0.3 is 6.01 Å². The van der Waals surface area contributed by atoms with Crippen LogP contribution in [0.1, 0.15) is 21.8 Å². The Bertz CT molecular complexity index is 712. The molecule has 2 rings (SSSR count). The largest absolute Gasteiger partial charge is 0.495 e. The number of anilines is 1. The molecule has 21 heavy (non-hydrogen) atoms. The fraction of sp³-hybridized carbons (Fsp3) is 0.214. The van der Waals surface area contributed by atoms with E-state index in [1.54, 1.807) is 25.1 Å². The number of nitrogens with zero attached hydrogens (tertiary/aromatic N) is 2. The van der Waals surface area contributed by atoms with Crippen LogP contribution in [0, 0.1) is 18.8 Å². The number of amides is 1. The third kappa shape index (κ3) is 3.58. The van der Waals surface area contributed by atoms with Gasteiger partial charge in [-0.05, 0) is 18.2 Å². The van der Waals surface area contributed by atoms with E-state index >= 15 is 0 Å². The first kappa shape index (κ1) is 14.6. The smallest absolute Gasteiger partial charge is 0.322 e. The second-order valence-corrected chi connectivity index (χ2v) is 4.00. The highest BCUT2D eigenvalue weighted by Gasteiger charge is 2.12. The van der Waals surface area contributed by atoms with Crippen molar-refractivity contribution in [1.82, 2.24) is 10.2 Å². The Morgan fingerprint density at radius 3 is 2.90 bits per heavy atom. The van der Waals surface area contributed by atoms with Crippen molar-refractivity contribution in [2.75, 3.05) is 19.0 Å². The standard InChI is InChI=1S/C14H14N4O3/c1-9-17-18-14(21-9)16-13(19)11-5-6-12(20-2)10(8-11)4-3-7-15/h5-6,8H,7,15H2,1-2H3,(H,16,18,19). The lowest BCUT2D eigenvalue weighted by atomic mass is 10.1. The third-order valence-electron chi connectivity index (χ3n) is 2.53. The molecule has 108 valence electrons. The number of nitrogens with two attached hydrogens (primary N) is 1. The topological polar surface area (TPSA) is 103 Å². The Kier molecular flexibility index (Phi) is 4.53. The minimum Gasteiger partial charge on any atom is -0.495 e. The maximum Gasteiger partial charge on any atom is 0.322 e. The molecule has 3 N–H and O–H groups in total. The summed E-state index contributed by atoms with van der Waals surface area (Å²) in [6.45, 7) is 1.86. The minimum absolute atomic E-state index is 0.0444. The van der Waals surface area contributed by atoms with E-state index in [-0.39, 0.29) is 18.5 Å². The van der Waals surface area contributed by atoms with Crippen molar-refractivity contribution < 1.29 is 13.9 Å². The lowest BCUT2D eigenvalue weighted by molar-refractivity contribution is 0.102. The highest BCUT2D eigenvalue weighted by Crippen LogP contribution is 2.19. The fourth-order valence-electron chi connectivity index (χ4n) is 1.61. The molecule has 2 aromatic rings. The maximum absolute atomic E-state index is 12.1. The Balaban J connectivity index is 2.24. The normalized spacial score (nSPS) is 9.67. The van der Waals surface area contributed by atoms with Gasteiger partial charge in [0, 0.05) is 12.5 Å². The zero-order valence-electron chi connectivity index (χ0n) is 11.6. The molecule has 0 aliphatic rings. The molecule has 0 fully saturated rings. The summed E-state index contributed by atoms with van der Waals surface area (Å²) >= 11 is 0. The molecular formula is C14H14N4O3. The van der Waals surface area contributed by atoms with E-state index in [4.69, 9.17) is 14.9 Å². The van der Waals surface area contributed by atoms with Crippen molar-refractivity contribution in [1.29, 1.82) is 0 Å². The molecule has 0 atom stereocenters. The van der Waals surface area contributed by atoms with Crippen LogP contribution in [0.25, 0.3) is 0 Å². The molecule has 0 saturated heterocycles. The van der Waals surface area contributed by atoms with Crippen molar-refractivity contribution in [3.05, 3.63) is 35.2 Å². The highest BCUT2D eigenvalue weighted by molar-refractivity contribution is 6.03. The van der Waals surface area contributed by atoms with Crippen LogP contribution in [0.4, 0.5) is 6.01 Å². The Hall–Kier alpha value is -2.85. The quantitative estimate of drug-likeness (QED) is 0.814. The van der Waals surface area contributed by atoms with E-state index in [0.29, 0.717) is 22.8 Å². The summed E-state index contributed by atoms with van der Waals surface area (Å²) in [5.41, 5.74) is 6.33. The Morgan fingerprint density at radius 1 is 1.48 bits per heavy atom. The number of carbonyl (C=O) groups is 1. The van der Waals surface area contributed by atoms with Crippen molar-refractivity contribution in [2.24, 2.45) is 5.73 Å². The molecule has 0 spiro atoms. The first-order valence-electron chi connectivity index (χ1n) is 6.12. The molecule has 0 bridgehead atoms. The first-order chi connectivity index (χ1) is 10.1. The SMILES string of the molecule is COc1ccc(C(=O)Nc2nnc(C)o2)cc1C#CCN. The van der Waals surface area contributed by atoms with Gasteiger partial charge in [-0.2, -0.15) is 0 Å². The van der Waals surface area contributed by atoms with E-state index in [1.807, 2.05) is 0 Å². The van der Waals surface area contributed by atoms with Crippen LogP contribution in [0.15, 0.2) is 22.6 Å². The fourth-order valence-corrected chi connectivity index (χ4v) is 1.61.